The Bertz CT molecular complexity index is 501. The molecule has 1 aromatic rings. The molecule has 3 N–H and O–H groups in total. The van der Waals surface area contributed by atoms with Gasteiger partial charge in [0, 0.05) is 12.2 Å². The summed E-state index contributed by atoms with van der Waals surface area (Å²) in [6.07, 6.45) is 2.24. The van der Waals surface area contributed by atoms with Crippen molar-refractivity contribution in [2.75, 3.05) is 18.9 Å². The van der Waals surface area contributed by atoms with Crippen LogP contribution in [0.2, 0.25) is 0 Å². The zero-order valence-corrected chi connectivity index (χ0v) is 10.3. The molecular weight excluding hydrogens is 251 g/mol. The first-order valence-electron chi connectivity index (χ1n) is 6.05. The summed E-state index contributed by atoms with van der Waals surface area (Å²) in [5, 5.41) is 2.65. The summed E-state index contributed by atoms with van der Waals surface area (Å²) in [5.41, 5.74) is 5.35. The maximum absolute atomic E-state index is 13.4. The summed E-state index contributed by atoms with van der Waals surface area (Å²) < 4.78 is 18.1. The van der Waals surface area contributed by atoms with E-state index in [2.05, 4.69) is 5.32 Å². The average Bonchev–Trinajstić information content (AvgIpc) is 3.17. The number of ether oxygens (including phenoxy) is 1. The van der Waals surface area contributed by atoms with E-state index in [0.29, 0.717) is 12.5 Å². The molecule has 6 heteroatoms. The number of carbonyl (C=O) groups excluding carboxylic acids is 2. The number of amides is 1. The Hall–Kier alpha value is -2.11. The van der Waals surface area contributed by atoms with Crippen LogP contribution in [0.15, 0.2) is 18.2 Å². The molecule has 102 valence electrons. The van der Waals surface area contributed by atoms with Gasteiger partial charge in [-0.3, -0.25) is 4.79 Å². The highest BCUT2D eigenvalue weighted by molar-refractivity contribution is 5.91. The number of benzene rings is 1. The Morgan fingerprint density at radius 1 is 1.42 bits per heavy atom. The van der Waals surface area contributed by atoms with Crippen molar-refractivity contribution in [2.45, 2.75) is 12.8 Å². The Labute approximate surface area is 109 Å². The molecule has 1 saturated carbocycles. The van der Waals surface area contributed by atoms with Crippen molar-refractivity contribution in [3.63, 3.8) is 0 Å². The molecule has 1 aliphatic carbocycles. The lowest BCUT2D eigenvalue weighted by atomic mass is 10.2. The minimum atomic E-state index is -0.876. The fourth-order valence-corrected chi connectivity index (χ4v) is 1.54. The molecule has 0 atom stereocenters. The van der Waals surface area contributed by atoms with Crippen molar-refractivity contribution in [1.29, 1.82) is 0 Å². The Morgan fingerprint density at radius 3 is 2.79 bits per heavy atom. The van der Waals surface area contributed by atoms with Crippen LogP contribution in [0.5, 0.6) is 0 Å². The third-order valence-electron chi connectivity index (χ3n) is 2.83. The highest BCUT2D eigenvalue weighted by atomic mass is 19.1. The molecule has 0 spiro atoms. The van der Waals surface area contributed by atoms with Gasteiger partial charge in [0.05, 0.1) is 5.56 Å². The van der Waals surface area contributed by atoms with E-state index in [1.165, 1.54) is 12.1 Å². The normalized spacial score (nSPS) is 13.9. The standard InChI is InChI=1S/C13H15FN2O3/c14-11-5-9(15)3-4-10(11)13(18)19-7-12(17)16-6-8-1-2-8/h3-5,8H,1-2,6-7,15H2,(H,16,17). The number of rotatable bonds is 5. The molecule has 0 aromatic heterocycles. The van der Waals surface area contributed by atoms with Gasteiger partial charge in [-0.2, -0.15) is 0 Å². The Morgan fingerprint density at radius 2 is 2.16 bits per heavy atom. The van der Waals surface area contributed by atoms with Crippen LogP contribution in [0.1, 0.15) is 23.2 Å². The quantitative estimate of drug-likeness (QED) is 0.617. The van der Waals surface area contributed by atoms with Crippen LogP contribution in [-0.2, 0) is 9.53 Å². The predicted molar refractivity (Wildman–Crippen MR) is 66.8 cm³/mol. The summed E-state index contributed by atoms with van der Waals surface area (Å²) in [6, 6.07) is 3.66. The van der Waals surface area contributed by atoms with E-state index in [0.717, 1.165) is 18.9 Å². The third-order valence-corrected chi connectivity index (χ3v) is 2.83. The third kappa shape index (κ3) is 3.94. The number of hydrogen-bond donors (Lipinski definition) is 2. The van der Waals surface area contributed by atoms with E-state index in [1.807, 2.05) is 0 Å². The van der Waals surface area contributed by atoms with Crippen LogP contribution in [0.4, 0.5) is 10.1 Å². The molecule has 19 heavy (non-hydrogen) atoms. The molecule has 1 aromatic carbocycles. The zero-order chi connectivity index (χ0) is 13.8. The van der Waals surface area contributed by atoms with Crippen molar-refractivity contribution >= 4 is 17.6 Å². The number of halogens is 1. The molecule has 1 fully saturated rings. The van der Waals surface area contributed by atoms with Crippen LogP contribution in [0, 0.1) is 11.7 Å². The monoisotopic (exact) mass is 266 g/mol. The average molecular weight is 266 g/mol. The van der Waals surface area contributed by atoms with Gasteiger partial charge in [0.2, 0.25) is 0 Å². The van der Waals surface area contributed by atoms with E-state index in [-0.39, 0.29) is 17.2 Å². The van der Waals surface area contributed by atoms with Gasteiger partial charge >= 0.3 is 5.97 Å². The van der Waals surface area contributed by atoms with E-state index in [9.17, 15) is 14.0 Å². The summed E-state index contributed by atoms with van der Waals surface area (Å²) >= 11 is 0. The zero-order valence-electron chi connectivity index (χ0n) is 10.3. The highest BCUT2D eigenvalue weighted by Crippen LogP contribution is 2.27. The lowest BCUT2D eigenvalue weighted by molar-refractivity contribution is -0.124. The van der Waals surface area contributed by atoms with Crippen LogP contribution in [0.3, 0.4) is 0 Å². The van der Waals surface area contributed by atoms with Gasteiger partial charge in [-0.25, -0.2) is 9.18 Å². The largest absolute Gasteiger partial charge is 0.452 e. The van der Waals surface area contributed by atoms with Crippen molar-refractivity contribution < 1.29 is 18.7 Å². The van der Waals surface area contributed by atoms with Gasteiger partial charge < -0.3 is 15.8 Å². The first-order valence-corrected chi connectivity index (χ1v) is 6.05. The van der Waals surface area contributed by atoms with Crippen LogP contribution in [-0.4, -0.2) is 25.0 Å². The lowest BCUT2D eigenvalue weighted by Gasteiger charge is -2.06. The number of nitrogens with two attached hydrogens (primary N) is 1. The van der Waals surface area contributed by atoms with Crippen molar-refractivity contribution in [1.82, 2.24) is 5.32 Å². The summed E-state index contributed by atoms with van der Waals surface area (Å²) in [4.78, 5) is 22.9. The van der Waals surface area contributed by atoms with Gasteiger partial charge in [-0.1, -0.05) is 0 Å². The number of nitrogen functional groups attached to an aromatic ring is 1. The molecule has 0 saturated heterocycles. The predicted octanol–water partition coefficient (Wildman–Crippen LogP) is 1.09. The van der Waals surface area contributed by atoms with Gasteiger partial charge in [0.25, 0.3) is 5.91 Å². The molecule has 0 unspecified atom stereocenters. The van der Waals surface area contributed by atoms with Gasteiger partial charge in [0.15, 0.2) is 6.61 Å². The van der Waals surface area contributed by atoms with Gasteiger partial charge in [-0.05, 0) is 37.0 Å². The number of anilines is 1. The summed E-state index contributed by atoms with van der Waals surface area (Å²) in [7, 11) is 0. The molecule has 5 nitrogen and oxygen atoms in total. The number of carbonyl (C=O) groups is 2. The van der Waals surface area contributed by atoms with E-state index in [1.54, 1.807) is 0 Å². The van der Waals surface area contributed by atoms with E-state index >= 15 is 0 Å². The lowest BCUT2D eigenvalue weighted by Crippen LogP contribution is -2.30. The van der Waals surface area contributed by atoms with Crippen molar-refractivity contribution in [3.8, 4) is 0 Å². The van der Waals surface area contributed by atoms with Crippen LogP contribution in [0.25, 0.3) is 0 Å². The van der Waals surface area contributed by atoms with Crippen molar-refractivity contribution in [3.05, 3.63) is 29.6 Å². The topological polar surface area (TPSA) is 81.4 Å². The molecule has 1 amide bonds. The first-order chi connectivity index (χ1) is 9.06. The molecule has 2 rings (SSSR count). The molecule has 0 heterocycles. The fourth-order valence-electron chi connectivity index (χ4n) is 1.54. The molecule has 1 aliphatic rings. The minimum absolute atomic E-state index is 0.219. The van der Waals surface area contributed by atoms with Crippen LogP contribution >= 0.6 is 0 Å². The van der Waals surface area contributed by atoms with E-state index in [4.69, 9.17) is 10.5 Å². The van der Waals surface area contributed by atoms with Gasteiger partial charge in [-0.15, -0.1) is 0 Å². The Kier molecular flexibility index (Phi) is 3.99. The second-order valence-electron chi connectivity index (χ2n) is 4.56. The minimum Gasteiger partial charge on any atom is -0.452 e. The Balaban J connectivity index is 1.81. The SMILES string of the molecule is Nc1ccc(C(=O)OCC(=O)NCC2CC2)c(F)c1. The molecule has 0 bridgehead atoms. The van der Waals surface area contributed by atoms with Crippen molar-refractivity contribution in [2.24, 2.45) is 5.92 Å². The molecule has 0 radical (unpaired) electrons. The molecule has 0 aliphatic heterocycles. The number of nitrogens with one attached hydrogen (secondary N) is 1. The van der Waals surface area contributed by atoms with Gasteiger partial charge in [0.1, 0.15) is 5.82 Å². The first kappa shape index (κ1) is 13.3. The molecular formula is C13H15FN2O3. The summed E-state index contributed by atoms with van der Waals surface area (Å²) in [5.74, 6) is -1.47. The highest BCUT2D eigenvalue weighted by Gasteiger charge is 2.22. The maximum atomic E-state index is 13.4. The summed E-state index contributed by atoms with van der Waals surface area (Å²) in [6.45, 7) is 0.196. The fraction of sp³-hybridized carbons (Fsp3) is 0.385. The second kappa shape index (κ2) is 5.69. The maximum Gasteiger partial charge on any atom is 0.341 e. The number of esters is 1. The van der Waals surface area contributed by atoms with E-state index < -0.39 is 18.4 Å². The smallest absolute Gasteiger partial charge is 0.341 e. The van der Waals surface area contributed by atoms with Crippen LogP contribution < -0.4 is 11.1 Å². The number of hydrogen-bond acceptors (Lipinski definition) is 4. The second-order valence-corrected chi connectivity index (χ2v) is 4.56.